The Morgan fingerprint density at radius 3 is 2.43 bits per heavy atom. The fourth-order valence-corrected chi connectivity index (χ4v) is 2.42. The summed E-state index contributed by atoms with van der Waals surface area (Å²) in [5, 5.41) is 4.13. The summed E-state index contributed by atoms with van der Waals surface area (Å²) in [6.45, 7) is 4.59. The van der Waals surface area contributed by atoms with Gasteiger partial charge in [-0.2, -0.15) is 0 Å². The smallest absolute Gasteiger partial charge is 0.0502 e. The van der Waals surface area contributed by atoms with Gasteiger partial charge in [0.25, 0.3) is 0 Å². The van der Waals surface area contributed by atoms with Crippen molar-refractivity contribution in [3.63, 3.8) is 0 Å². The number of halogens is 1. The maximum absolute atomic E-state index is 6.25. The summed E-state index contributed by atoms with van der Waals surface area (Å²) in [6, 6.07) is 14.8. The lowest BCUT2D eigenvalue weighted by atomic mass is 10.0. The monoisotopic (exact) mass is 303 g/mol. The van der Waals surface area contributed by atoms with E-state index in [9.17, 15) is 0 Å². The molecule has 3 heteroatoms. The summed E-state index contributed by atoms with van der Waals surface area (Å²) < 4.78 is 5.11. The van der Waals surface area contributed by atoms with Crippen molar-refractivity contribution in [1.82, 2.24) is 5.32 Å². The molecule has 0 aliphatic rings. The van der Waals surface area contributed by atoms with Gasteiger partial charge in [0.05, 0.1) is 6.61 Å². The Morgan fingerprint density at radius 1 is 1.05 bits per heavy atom. The van der Waals surface area contributed by atoms with E-state index >= 15 is 0 Å². The first-order chi connectivity index (χ1) is 10.2. The van der Waals surface area contributed by atoms with Gasteiger partial charge in [-0.05, 0) is 47.4 Å². The topological polar surface area (TPSA) is 21.3 Å². The quantitative estimate of drug-likeness (QED) is 0.823. The van der Waals surface area contributed by atoms with Gasteiger partial charge in [-0.25, -0.2) is 0 Å². The van der Waals surface area contributed by atoms with Gasteiger partial charge in [-0.15, -0.1) is 0 Å². The van der Waals surface area contributed by atoms with Crippen LogP contribution in [0.25, 0.3) is 11.1 Å². The molecule has 0 heterocycles. The Balaban J connectivity index is 2.17. The second-order valence-corrected chi connectivity index (χ2v) is 5.43. The van der Waals surface area contributed by atoms with E-state index in [1.807, 2.05) is 6.07 Å². The zero-order chi connectivity index (χ0) is 15.1. The molecule has 0 saturated heterocycles. The first-order valence-corrected chi connectivity index (χ1v) is 7.69. The first kappa shape index (κ1) is 16.0. The van der Waals surface area contributed by atoms with Gasteiger partial charge in [0, 0.05) is 18.7 Å². The summed E-state index contributed by atoms with van der Waals surface area (Å²) in [7, 11) is 1.73. The molecule has 0 saturated carbocycles. The lowest BCUT2D eigenvalue weighted by molar-refractivity contribution is 0.202. The molecular formula is C18H22ClNO. The number of rotatable bonds is 7. The van der Waals surface area contributed by atoms with Crippen LogP contribution in [-0.4, -0.2) is 20.3 Å². The minimum Gasteiger partial charge on any atom is -0.384 e. The van der Waals surface area contributed by atoms with Crippen LogP contribution in [0.1, 0.15) is 18.1 Å². The highest BCUT2D eigenvalue weighted by atomic mass is 35.5. The molecule has 0 unspecified atom stereocenters. The predicted octanol–water partition coefficient (Wildman–Crippen LogP) is 4.31. The van der Waals surface area contributed by atoms with Crippen molar-refractivity contribution in [2.75, 3.05) is 20.3 Å². The number of nitrogens with one attached hydrogen (secondary N) is 1. The average Bonchev–Trinajstić information content (AvgIpc) is 2.53. The van der Waals surface area contributed by atoms with Crippen LogP contribution in [0, 0.1) is 0 Å². The van der Waals surface area contributed by atoms with E-state index in [1.165, 1.54) is 16.7 Å². The van der Waals surface area contributed by atoms with E-state index in [1.54, 1.807) is 7.11 Å². The molecule has 0 spiro atoms. The number of hydrogen-bond acceptors (Lipinski definition) is 2. The lowest BCUT2D eigenvalue weighted by Crippen LogP contribution is -2.12. The number of hydrogen-bond donors (Lipinski definition) is 1. The summed E-state index contributed by atoms with van der Waals surface area (Å²) >= 11 is 6.25. The fraction of sp³-hybridized carbons (Fsp3) is 0.333. The molecule has 0 bridgehead atoms. The van der Waals surface area contributed by atoms with Gasteiger partial charge in [0.1, 0.15) is 0 Å². The maximum Gasteiger partial charge on any atom is 0.0502 e. The van der Waals surface area contributed by atoms with Gasteiger partial charge in [0.15, 0.2) is 0 Å². The van der Waals surface area contributed by atoms with Gasteiger partial charge >= 0.3 is 0 Å². The molecule has 112 valence electrons. The van der Waals surface area contributed by atoms with Crippen LogP contribution in [0.5, 0.6) is 0 Å². The number of benzene rings is 2. The van der Waals surface area contributed by atoms with Gasteiger partial charge < -0.3 is 10.1 Å². The molecule has 0 amide bonds. The fourth-order valence-electron chi connectivity index (χ4n) is 2.23. The Morgan fingerprint density at radius 2 is 1.76 bits per heavy atom. The van der Waals surface area contributed by atoms with Crippen molar-refractivity contribution in [3.8, 4) is 11.1 Å². The molecule has 0 aromatic heterocycles. The van der Waals surface area contributed by atoms with Crippen molar-refractivity contribution >= 4 is 11.6 Å². The third-order valence-corrected chi connectivity index (χ3v) is 3.86. The second-order valence-electron chi connectivity index (χ2n) is 5.03. The van der Waals surface area contributed by atoms with Gasteiger partial charge in [0.2, 0.25) is 0 Å². The van der Waals surface area contributed by atoms with Crippen molar-refractivity contribution < 1.29 is 4.74 Å². The van der Waals surface area contributed by atoms with E-state index < -0.39 is 0 Å². The van der Waals surface area contributed by atoms with Crippen LogP contribution in [0.15, 0.2) is 42.5 Å². The molecule has 0 aliphatic carbocycles. The Labute approximate surface area is 132 Å². The highest BCUT2D eigenvalue weighted by molar-refractivity contribution is 6.31. The average molecular weight is 304 g/mol. The van der Waals surface area contributed by atoms with E-state index in [-0.39, 0.29) is 0 Å². The molecule has 0 atom stereocenters. The largest absolute Gasteiger partial charge is 0.384 e. The first-order valence-electron chi connectivity index (χ1n) is 7.32. The van der Waals surface area contributed by atoms with E-state index in [2.05, 4.69) is 48.6 Å². The molecule has 2 aromatic rings. The SMILES string of the molecule is CCNCc1cc(-c2ccc(CCOC)cc2)ccc1Cl. The second kappa shape index (κ2) is 8.18. The summed E-state index contributed by atoms with van der Waals surface area (Å²) in [4.78, 5) is 0. The molecule has 0 aliphatic heterocycles. The lowest BCUT2D eigenvalue weighted by Gasteiger charge is -2.09. The van der Waals surface area contributed by atoms with E-state index in [0.29, 0.717) is 0 Å². The van der Waals surface area contributed by atoms with Crippen molar-refractivity contribution in [2.45, 2.75) is 19.9 Å². The maximum atomic E-state index is 6.25. The molecular weight excluding hydrogens is 282 g/mol. The van der Waals surface area contributed by atoms with Crippen LogP contribution < -0.4 is 5.32 Å². The summed E-state index contributed by atoms with van der Waals surface area (Å²) in [5.41, 5.74) is 4.85. The Kier molecular flexibility index (Phi) is 6.24. The zero-order valence-electron chi connectivity index (χ0n) is 12.7. The number of ether oxygens (including phenoxy) is 1. The normalized spacial score (nSPS) is 10.8. The molecule has 2 rings (SSSR count). The molecule has 1 N–H and O–H groups in total. The highest BCUT2D eigenvalue weighted by Gasteiger charge is 2.04. The molecule has 21 heavy (non-hydrogen) atoms. The Bertz CT molecular complexity index is 566. The summed E-state index contributed by atoms with van der Waals surface area (Å²) in [6.07, 6.45) is 0.947. The van der Waals surface area contributed by atoms with E-state index in [4.69, 9.17) is 16.3 Å². The van der Waals surface area contributed by atoms with Crippen LogP contribution >= 0.6 is 11.6 Å². The van der Waals surface area contributed by atoms with Crippen molar-refractivity contribution in [1.29, 1.82) is 0 Å². The molecule has 2 aromatic carbocycles. The van der Waals surface area contributed by atoms with Crippen molar-refractivity contribution in [2.24, 2.45) is 0 Å². The molecule has 0 fully saturated rings. The van der Waals surface area contributed by atoms with Crippen LogP contribution in [0.2, 0.25) is 5.02 Å². The van der Waals surface area contributed by atoms with Crippen LogP contribution in [0.4, 0.5) is 0 Å². The zero-order valence-corrected chi connectivity index (χ0v) is 13.4. The molecule has 2 nitrogen and oxygen atoms in total. The molecule has 0 radical (unpaired) electrons. The van der Waals surface area contributed by atoms with Gasteiger partial charge in [-0.3, -0.25) is 0 Å². The highest BCUT2D eigenvalue weighted by Crippen LogP contribution is 2.25. The third kappa shape index (κ3) is 4.57. The van der Waals surface area contributed by atoms with Crippen LogP contribution in [0.3, 0.4) is 0 Å². The van der Waals surface area contributed by atoms with E-state index in [0.717, 1.165) is 36.7 Å². The minimum absolute atomic E-state index is 0.757. The third-order valence-electron chi connectivity index (χ3n) is 3.49. The van der Waals surface area contributed by atoms with Crippen molar-refractivity contribution in [3.05, 3.63) is 58.6 Å². The standard InChI is InChI=1S/C18H22ClNO/c1-3-20-13-17-12-16(8-9-18(17)19)15-6-4-14(5-7-15)10-11-21-2/h4-9,12,20H,3,10-11,13H2,1-2H3. The number of methoxy groups -OCH3 is 1. The minimum atomic E-state index is 0.757. The predicted molar refractivity (Wildman–Crippen MR) is 89.8 cm³/mol. The van der Waals surface area contributed by atoms with Crippen LogP contribution in [-0.2, 0) is 17.7 Å². The Hall–Kier alpha value is -1.35. The summed E-state index contributed by atoms with van der Waals surface area (Å²) in [5.74, 6) is 0. The van der Waals surface area contributed by atoms with Gasteiger partial charge in [-0.1, -0.05) is 48.9 Å².